The van der Waals surface area contributed by atoms with Crippen LogP contribution in [0, 0.1) is 5.92 Å². The minimum absolute atomic E-state index is 0.0361. The lowest BCUT2D eigenvalue weighted by atomic mass is 10.0. The van der Waals surface area contributed by atoms with E-state index >= 15 is 0 Å². The molecule has 102 valence electrons. The van der Waals surface area contributed by atoms with E-state index < -0.39 is 0 Å². The average molecular weight is 280 g/mol. The monoisotopic (exact) mass is 280 g/mol. The molecule has 0 amide bonds. The van der Waals surface area contributed by atoms with Gasteiger partial charge < -0.3 is 14.3 Å². The molecular weight excluding hydrogens is 264 g/mol. The van der Waals surface area contributed by atoms with E-state index in [1.165, 1.54) is 18.7 Å². The van der Waals surface area contributed by atoms with Crippen molar-refractivity contribution >= 4 is 23.2 Å². The first-order chi connectivity index (χ1) is 9.19. The Morgan fingerprint density at radius 1 is 1.37 bits per heavy atom. The number of fused-ring (bicyclic) bond motifs is 1. The molecule has 0 saturated heterocycles. The number of rotatable bonds is 5. The Balaban J connectivity index is 2.01. The second kappa shape index (κ2) is 6.61. The van der Waals surface area contributed by atoms with Crippen molar-refractivity contribution in [2.45, 2.75) is 13.3 Å². The van der Waals surface area contributed by atoms with E-state index in [9.17, 15) is 9.59 Å². The molecule has 0 bridgehead atoms. The summed E-state index contributed by atoms with van der Waals surface area (Å²) in [6, 6.07) is 5.70. The van der Waals surface area contributed by atoms with E-state index in [-0.39, 0.29) is 11.0 Å². The summed E-state index contributed by atoms with van der Waals surface area (Å²) in [6.45, 7) is 2.63. The van der Waals surface area contributed by atoms with Crippen molar-refractivity contribution in [1.29, 1.82) is 0 Å². The van der Waals surface area contributed by atoms with E-state index in [4.69, 9.17) is 9.47 Å². The van der Waals surface area contributed by atoms with Gasteiger partial charge in [0.05, 0.1) is 0 Å². The van der Waals surface area contributed by atoms with Crippen molar-refractivity contribution in [2.24, 2.45) is 5.92 Å². The van der Waals surface area contributed by atoms with Crippen LogP contribution >= 0.6 is 11.8 Å². The summed E-state index contributed by atoms with van der Waals surface area (Å²) in [5.41, 5.74) is 1.02. The molecule has 1 aliphatic heterocycles. The second-order valence-electron chi connectivity index (χ2n) is 4.38. The van der Waals surface area contributed by atoms with E-state index in [2.05, 4.69) is 0 Å². The van der Waals surface area contributed by atoms with Crippen LogP contribution in [0.1, 0.15) is 12.5 Å². The van der Waals surface area contributed by atoms with Crippen LogP contribution in [0.3, 0.4) is 0 Å². The highest BCUT2D eigenvalue weighted by Gasteiger charge is 2.15. The summed E-state index contributed by atoms with van der Waals surface area (Å²) >= 11 is 1.19. The van der Waals surface area contributed by atoms with Gasteiger partial charge in [0.25, 0.3) is 0 Å². The lowest BCUT2D eigenvalue weighted by Gasteiger charge is -2.19. The zero-order valence-corrected chi connectivity index (χ0v) is 11.6. The predicted octanol–water partition coefficient (Wildman–Crippen LogP) is 2.10. The van der Waals surface area contributed by atoms with Gasteiger partial charge in [-0.05, 0) is 24.1 Å². The first-order valence-corrected chi connectivity index (χ1v) is 7.15. The van der Waals surface area contributed by atoms with Gasteiger partial charge in [-0.3, -0.25) is 4.79 Å². The molecule has 5 heteroatoms. The summed E-state index contributed by atoms with van der Waals surface area (Å²) in [6.07, 6.45) is 1.52. The third-order valence-electron chi connectivity index (χ3n) is 2.80. The van der Waals surface area contributed by atoms with Gasteiger partial charge in [-0.15, -0.1) is 0 Å². The largest absolute Gasteiger partial charge is 0.486 e. The molecule has 0 radical (unpaired) electrons. The van der Waals surface area contributed by atoms with E-state index in [0.717, 1.165) is 23.3 Å². The molecule has 1 aliphatic rings. The lowest BCUT2D eigenvalue weighted by molar-refractivity contribution is -0.110. The summed E-state index contributed by atoms with van der Waals surface area (Å²) in [4.78, 5) is 21.9. The maximum Gasteiger partial charge on any atom is 0.185 e. The minimum atomic E-state index is -0.156. The third-order valence-corrected chi connectivity index (χ3v) is 3.80. The van der Waals surface area contributed by atoms with Crippen molar-refractivity contribution < 1.29 is 19.1 Å². The van der Waals surface area contributed by atoms with Crippen LogP contribution in [0.4, 0.5) is 0 Å². The van der Waals surface area contributed by atoms with Crippen molar-refractivity contribution in [3.63, 3.8) is 0 Å². The lowest BCUT2D eigenvalue weighted by Crippen LogP contribution is -2.16. The molecule has 19 heavy (non-hydrogen) atoms. The van der Waals surface area contributed by atoms with Crippen LogP contribution in [-0.2, 0) is 16.0 Å². The van der Waals surface area contributed by atoms with Crippen molar-refractivity contribution in [3.8, 4) is 11.5 Å². The minimum Gasteiger partial charge on any atom is -0.486 e. The molecule has 1 aromatic carbocycles. The first kappa shape index (κ1) is 13.9. The Hall–Kier alpha value is -1.49. The van der Waals surface area contributed by atoms with Gasteiger partial charge in [0.2, 0.25) is 0 Å². The Morgan fingerprint density at radius 2 is 2.11 bits per heavy atom. The van der Waals surface area contributed by atoms with Crippen molar-refractivity contribution in [1.82, 2.24) is 0 Å². The Bertz CT molecular complexity index is 473. The highest BCUT2D eigenvalue weighted by atomic mass is 32.2. The molecule has 0 aliphatic carbocycles. The number of thioether (sulfide) groups is 1. The molecule has 1 atom stereocenters. The third kappa shape index (κ3) is 3.99. The van der Waals surface area contributed by atoms with Gasteiger partial charge in [-0.25, -0.2) is 0 Å². The quantitative estimate of drug-likeness (QED) is 0.773. The fraction of sp³-hybridized carbons (Fsp3) is 0.429. The van der Waals surface area contributed by atoms with E-state index in [1.807, 2.05) is 18.2 Å². The number of aldehydes is 1. The standard InChI is InChI=1S/C14H16O4S/c1-10(16)19-9-12(8-15)6-11-2-3-13-14(7-11)18-5-4-17-13/h2-3,7-8,12H,4-6,9H2,1H3. The Morgan fingerprint density at radius 3 is 2.79 bits per heavy atom. The number of carbonyl (C=O) groups is 2. The molecule has 4 nitrogen and oxygen atoms in total. The number of hydrogen-bond donors (Lipinski definition) is 0. The number of carbonyl (C=O) groups excluding carboxylic acids is 2. The molecule has 1 unspecified atom stereocenters. The van der Waals surface area contributed by atoms with Crippen molar-refractivity contribution in [2.75, 3.05) is 19.0 Å². The van der Waals surface area contributed by atoms with Gasteiger partial charge in [-0.2, -0.15) is 0 Å². The van der Waals surface area contributed by atoms with Crippen LogP contribution in [0.25, 0.3) is 0 Å². The fourth-order valence-electron chi connectivity index (χ4n) is 1.89. The van der Waals surface area contributed by atoms with Gasteiger partial charge in [0.15, 0.2) is 16.6 Å². The topological polar surface area (TPSA) is 52.6 Å². The van der Waals surface area contributed by atoms with Gasteiger partial charge >= 0.3 is 0 Å². The molecule has 0 fully saturated rings. The smallest absolute Gasteiger partial charge is 0.185 e. The van der Waals surface area contributed by atoms with Crippen molar-refractivity contribution in [3.05, 3.63) is 23.8 Å². The number of benzene rings is 1. The summed E-state index contributed by atoms with van der Waals surface area (Å²) in [5, 5.41) is 0.0361. The number of hydrogen-bond acceptors (Lipinski definition) is 5. The summed E-state index contributed by atoms with van der Waals surface area (Å²) in [5.74, 6) is 1.84. The summed E-state index contributed by atoms with van der Waals surface area (Å²) in [7, 11) is 0. The zero-order valence-electron chi connectivity index (χ0n) is 10.8. The molecule has 0 saturated carbocycles. The van der Waals surface area contributed by atoms with Crippen LogP contribution < -0.4 is 9.47 Å². The molecule has 2 rings (SSSR count). The van der Waals surface area contributed by atoms with Gasteiger partial charge in [0.1, 0.15) is 19.5 Å². The fourth-order valence-corrected chi connectivity index (χ4v) is 2.53. The molecule has 0 aromatic heterocycles. The zero-order chi connectivity index (χ0) is 13.7. The van der Waals surface area contributed by atoms with E-state index in [0.29, 0.717) is 25.4 Å². The van der Waals surface area contributed by atoms with Crippen LogP contribution in [0.15, 0.2) is 18.2 Å². The molecular formula is C14H16O4S. The molecule has 0 N–H and O–H groups in total. The normalized spacial score (nSPS) is 14.8. The average Bonchev–Trinajstić information content (AvgIpc) is 2.43. The van der Waals surface area contributed by atoms with Crippen LogP contribution in [-0.4, -0.2) is 30.4 Å². The molecule has 1 aromatic rings. The van der Waals surface area contributed by atoms with Crippen LogP contribution in [0.5, 0.6) is 11.5 Å². The second-order valence-corrected chi connectivity index (χ2v) is 5.58. The Kier molecular flexibility index (Phi) is 4.85. The van der Waals surface area contributed by atoms with Crippen LogP contribution in [0.2, 0.25) is 0 Å². The SMILES string of the molecule is CC(=O)SCC(C=O)Cc1ccc2c(c1)OCCO2. The Labute approximate surface area is 116 Å². The first-order valence-electron chi connectivity index (χ1n) is 6.16. The van der Waals surface area contributed by atoms with E-state index in [1.54, 1.807) is 0 Å². The highest BCUT2D eigenvalue weighted by Crippen LogP contribution is 2.31. The highest BCUT2D eigenvalue weighted by molar-refractivity contribution is 8.13. The van der Waals surface area contributed by atoms with Gasteiger partial charge in [-0.1, -0.05) is 17.8 Å². The van der Waals surface area contributed by atoms with Gasteiger partial charge in [0, 0.05) is 18.6 Å². The molecule has 1 heterocycles. The predicted molar refractivity (Wildman–Crippen MR) is 73.8 cm³/mol. The number of ether oxygens (including phenoxy) is 2. The molecule has 0 spiro atoms. The summed E-state index contributed by atoms with van der Waals surface area (Å²) < 4.78 is 11.0. The maximum atomic E-state index is 11.0. The maximum absolute atomic E-state index is 11.0.